The third-order valence-electron chi connectivity index (χ3n) is 2.13. The molecular formula is C12H7F2IO3S. The van der Waals surface area contributed by atoms with Gasteiger partial charge in [0.05, 0.1) is 0 Å². The minimum absolute atomic E-state index is 0.0802. The van der Waals surface area contributed by atoms with Gasteiger partial charge in [0.25, 0.3) is 0 Å². The van der Waals surface area contributed by atoms with E-state index in [1.165, 1.54) is 12.1 Å². The SMILES string of the molecule is O=S(=O)(Oc1cccc(I)c1)c1cc(F)cc(F)c1. The maximum Gasteiger partial charge on any atom is 0.339 e. The van der Waals surface area contributed by atoms with E-state index in [2.05, 4.69) is 0 Å². The Morgan fingerprint density at radius 2 is 1.63 bits per heavy atom. The lowest BCUT2D eigenvalue weighted by Crippen LogP contribution is -2.10. The van der Waals surface area contributed by atoms with E-state index < -0.39 is 26.6 Å². The van der Waals surface area contributed by atoms with Gasteiger partial charge in [0.1, 0.15) is 22.3 Å². The molecule has 0 amide bonds. The number of benzene rings is 2. The monoisotopic (exact) mass is 396 g/mol. The van der Waals surface area contributed by atoms with Crippen molar-refractivity contribution in [2.24, 2.45) is 0 Å². The molecule has 0 radical (unpaired) electrons. The second kappa shape index (κ2) is 5.41. The molecule has 0 bridgehead atoms. The van der Waals surface area contributed by atoms with Crippen molar-refractivity contribution < 1.29 is 21.4 Å². The Kier molecular flexibility index (Phi) is 4.04. The van der Waals surface area contributed by atoms with Gasteiger partial charge in [0.2, 0.25) is 0 Å². The van der Waals surface area contributed by atoms with Crippen LogP contribution in [0.5, 0.6) is 5.75 Å². The minimum atomic E-state index is -4.26. The molecular weight excluding hydrogens is 389 g/mol. The van der Waals surface area contributed by atoms with Gasteiger partial charge >= 0.3 is 10.1 Å². The maximum atomic E-state index is 13.0. The number of hydrogen-bond donors (Lipinski definition) is 0. The van der Waals surface area contributed by atoms with Crippen LogP contribution >= 0.6 is 22.6 Å². The van der Waals surface area contributed by atoms with E-state index in [1.807, 2.05) is 22.6 Å². The summed E-state index contributed by atoms with van der Waals surface area (Å²) in [6.45, 7) is 0. The minimum Gasteiger partial charge on any atom is -0.379 e. The fourth-order valence-electron chi connectivity index (χ4n) is 1.37. The van der Waals surface area contributed by atoms with E-state index in [1.54, 1.807) is 12.1 Å². The van der Waals surface area contributed by atoms with E-state index in [9.17, 15) is 17.2 Å². The highest BCUT2D eigenvalue weighted by Gasteiger charge is 2.19. The van der Waals surface area contributed by atoms with E-state index in [-0.39, 0.29) is 5.75 Å². The van der Waals surface area contributed by atoms with Crippen LogP contribution in [0.2, 0.25) is 0 Å². The molecule has 3 nitrogen and oxygen atoms in total. The predicted octanol–water partition coefficient (Wildman–Crippen LogP) is 3.34. The fourth-order valence-corrected chi connectivity index (χ4v) is 2.85. The number of halogens is 3. The average Bonchev–Trinajstić information content (AvgIpc) is 2.26. The molecule has 0 saturated heterocycles. The molecule has 2 rings (SSSR count). The standard InChI is InChI=1S/C12H7F2IO3S/c13-8-4-9(14)6-12(5-8)19(16,17)18-11-3-1-2-10(15)7-11/h1-7H. The molecule has 7 heteroatoms. The Balaban J connectivity index is 2.37. The lowest BCUT2D eigenvalue weighted by atomic mass is 10.3. The second-order valence-electron chi connectivity index (χ2n) is 3.60. The molecule has 0 heterocycles. The Morgan fingerprint density at radius 3 is 2.21 bits per heavy atom. The molecule has 19 heavy (non-hydrogen) atoms. The van der Waals surface area contributed by atoms with Gasteiger partial charge in [-0.3, -0.25) is 0 Å². The molecule has 2 aromatic carbocycles. The molecule has 0 aliphatic rings. The van der Waals surface area contributed by atoms with E-state index in [0.29, 0.717) is 18.2 Å². The number of rotatable bonds is 3. The lowest BCUT2D eigenvalue weighted by Gasteiger charge is -2.07. The molecule has 2 aromatic rings. The maximum absolute atomic E-state index is 13.0. The van der Waals surface area contributed by atoms with Crippen LogP contribution in [0.3, 0.4) is 0 Å². The van der Waals surface area contributed by atoms with Gasteiger partial charge in [0, 0.05) is 9.64 Å². The molecule has 0 unspecified atom stereocenters. The van der Waals surface area contributed by atoms with E-state index in [0.717, 1.165) is 3.57 Å². The Hall–Kier alpha value is -1.22. The zero-order valence-electron chi connectivity index (χ0n) is 9.31. The van der Waals surface area contributed by atoms with Crippen LogP contribution in [-0.2, 0) is 10.1 Å². The molecule has 0 aliphatic carbocycles. The molecule has 100 valence electrons. The van der Waals surface area contributed by atoms with Crippen molar-refractivity contribution >= 4 is 32.7 Å². The largest absolute Gasteiger partial charge is 0.379 e. The van der Waals surface area contributed by atoms with Crippen molar-refractivity contribution in [3.63, 3.8) is 0 Å². The highest BCUT2D eigenvalue weighted by molar-refractivity contribution is 14.1. The topological polar surface area (TPSA) is 43.4 Å². The van der Waals surface area contributed by atoms with E-state index in [4.69, 9.17) is 4.18 Å². The van der Waals surface area contributed by atoms with Crippen LogP contribution in [0.15, 0.2) is 47.4 Å². The van der Waals surface area contributed by atoms with Gasteiger partial charge in [-0.1, -0.05) is 6.07 Å². The van der Waals surface area contributed by atoms with Gasteiger partial charge in [-0.15, -0.1) is 0 Å². The first-order chi connectivity index (χ1) is 8.87. The van der Waals surface area contributed by atoms with Crippen LogP contribution in [0.1, 0.15) is 0 Å². The molecule has 0 aromatic heterocycles. The highest BCUT2D eigenvalue weighted by Crippen LogP contribution is 2.21. The van der Waals surface area contributed by atoms with Crippen LogP contribution < -0.4 is 4.18 Å². The van der Waals surface area contributed by atoms with Crippen LogP contribution in [0.25, 0.3) is 0 Å². The summed E-state index contributed by atoms with van der Waals surface area (Å²) in [5, 5.41) is 0. The molecule has 0 saturated carbocycles. The van der Waals surface area contributed by atoms with Gasteiger partial charge in [0.15, 0.2) is 0 Å². The Labute approximate surface area is 122 Å². The van der Waals surface area contributed by atoms with Crippen molar-refractivity contribution in [3.8, 4) is 5.75 Å². The summed E-state index contributed by atoms with van der Waals surface area (Å²) in [7, 11) is -4.26. The molecule has 0 N–H and O–H groups in total. The van der Waals surface area contributed by atoms with E-state index >= 15 is 0 Å². The second-order valence-corrected chi connectivity index (χ2v) is 6.39. The Morgan fingerprint density at radius 1 is 1.00 bits per heavy atom. The van der Waals surface area contributed by atoms with Crippen molar-refractivity contribution in [2.45, 2.75) is 4.90 Å². The summed E-state index contributed by atoms with van der Waals surface area (Å²) >= 11 is 1.99. The smallest absolute Gasteiger partial charge is 0.339 e. The van der Waals surface area contributed by atoms with Crippen LogP contribution in [0.4, 0.5) is 8.78 Å². The zero-order valence-corrected chi connectivity index (χ0v) is 12.3. The molecule has 0 aliphatic heterocycles. The average molecular weight is 396 g/mol. The first-order valence-corrected chi connectivity index (χ1v) is 7.52. The highest BCUT2D eigenvalue weighted by atomic mass is 127. The summed E-state index contributed by atoms with van der Waals surface area (Å²) in [6.07, 6.45) is 0. The molecule has 0 atom stereocenters. The van der Waals surface area contributed by atoms with Crippen LogP contribution in [-0.4, -0.2) is 8.42 Å². The first kappa shape index (κ1) is 14.2. The quantitative estimate of drug-likeness (QED) is 0.591. The third kappa shape index (κ3) is 3.63. The molecule has 0 fully saturated rings. The van der Waals surface area contributed by atoms with Crippen molar-refractivity contribution in [3.05, 3.63) is 57.7 Å². The van der Waals surface area contributed by atoms with Crippen LogP contribution in [0, 0.1) is 15.2 Å². The first-order valence-electron chi connectivity index (χ1n) is 5.03. The summed E-state index contributed by atoms with van der Waals surface area (Å²) < 4.78 is 55.3. The van der Waals surface area contributed by atoms with Crippen molar-refractivity contribution in [2.75, 3.05) is 0 Å². The summed E-state index contributed by atoms with van der Waals surface area (Å²) in [5.41, 5.74) is 0. The van der Waals surface area contributed by atoms with Crippen molar-refractivity contribution in [1.29, 1.82) is 0 Å². The van der Waals surface area contributed by atoms with Gasteiger partial charge in [-0.05, 0) is 52.9 Å². The zero-order chi connectivity index (χ0) is 14.0. The van der Waals surface area contributed by atoms with Gasteiger partial charge < -0.3 is 4.18 Å². The number of hydrogen-bond acceptors (Lipinski definition) is 3. The van der Waals surface area contributed by atoms with Gasteiger partial charge in [-0.25, -0.2) is 8.78 Å². The van der Waals surface area contributed by atoms with Gasteiger partial charge in [-0.2, -0.15) is 8.42 Å². The molecule has 0 spiro atoms. The lowest BCUT2D eigenvalue weighted by molar-refractivity contribution is 0.482. The summed E-state index contributed by atoms with van der Waals surface area (Å²) in [4.78, 5) is -0.566. The summed E-state index contributed by atoms with van der Waals surface area (Å²) in [6, 6.07) is 8.28. The Bertz CT molecular complexity index is 696. The van der Waals surface area contributed by atoms with Crippen molar-refractivity contribution in [1.82, 2.24) is 0 Å². The fraction of sp³-hybridized carbons (Fsp3) is 0. The normalized spacial score (nSPS) is 11.3. The third-order valence-corrected chi connectivity index (χ3v) is 4.02. The summed E-state index contributed by atoms with van der Waals surface area (Å²) in [5.74, 6) is -1.88. The predicted molar refractivity (Wildman–Crippen MR) is 73.3 cm³/mol.